The Kier molecular flexibility index (Phi) is 2.54. The van der Waals surface area contributed by atoms with Gasteiger partial charge in [0, 0.05) is 24.4 Å². The van der Waals surface area contributed by atoms with Gasteiger partial charge in [0.1, 0.15) is 6.07 Å². The zero-order valence-electron chi connectivity index (χ0n) is 6.74. The summed E-state index contributed by atoms with van der Waals surface area (Å²) in [6.45, 7) is 1.78. The lowest BCUT2D eigenvalue weighted by atomic mass is 10.1. The Hall–Kier alpha value is -1.69. The Morgan fingerprint density at radius 3 is 3.00 bits per heavy atom. The first-order chi connectivity index (χ1) is 5.77. The Balaban J connectivity index is 3.04. The molecule has 60 valence electrons. The van der Waals surface area contributed by atoms with Crippen molar-refractivity contribution in [2.45, 2.75) is 13.3 Å². The number of ketones is 1. The van der Waals surface area contributed by atoms with Crippen LogP contribution in [0.5, 0.6) is 0 Å². The fourth-order valence-electron chi connectivity index (χ4n) is 0.858. The molecule has 1 aromatic rings. The molecule has 0 aliphatic rings. The van der Waals surface area contributed by atoms with Gasteiger partial charge >= 0.3 is 0 Å². The molecule has 0 spiro atoms. The smallest absolute Gasteiger partial charge is 0.164 e. The summed E-state index contributed by atoms with van der Waals surface area (Å²) >= 11 is 0. The SMILES string of the molecule is CCC(=O)c1cncc(C#N)c1. The summed E-state index contributed by atoms with van der Waals surface area (Å²) in [5.41, 5.74) is 0.936. The number of nitrogens with zero attached hydrogens (tertiary/aromatic N) is 2. The topological polar surface area (TPSA) is 53.8 Å². The minimum absolute atomic E-state index is 0.0135. The highest BCUT2D eigenvalue weighted by Crippen LogP contribution is 2.03. The van der Waals surface area contributed by atoms with Crippen LogP contribution in [0, 0.1) is 11.3 Å². The van der Waals surface area contributed by atoms with Crippen LogP contribution in [0.1, 0.15) is 29.3 Å². The first-order valence-corrected chi connectivity index (χ1v) is 3.66. The molecule has 0 bridgehead atoms. The van der Waals surface area contributed by atoms with Crippen molar-refractivity contribution in [2.75, 3.05) is 0 Å². The second-order valence-corrected chi connectivity index (χ2v) is 2.35. The van der Waals surface area contributed by atoms with Gasteiger partial charge in [-0.15, -0.1) is 0 Å². The number of hydrogen-bond acceptors (Lipinski definition) is 3. The Bertz CT molecular complexity index is 339. The third kappa shape index (κ3) is 1.67. The summed E-state index contributed by atoms with van der Waals surface area (Å²) in [6.07, 6.45) is 3.36. The minimum Gasteiger partial charge on any atom is -0.294 e. The number of rotatable bonds is 2. The van der Waals surface area contributed by atoms with E-state index in [2.05, 4.69) is 4.98 Å². The molecule has 1 rings (SSSR count). The van der Waals surface area contributed by atoms with Gasteiger partial charge in [-0.1, -0.05) is 6.92 Å². The van der Waals surface area contributed by atoms with Crippen LogP contribution in [0.4, 0.5) is 0 Å². The fourth-order valence-corrected chi connectivity index (χ4v) is 0.858. The molecule has 0 aromatic carbocycles. The van der Waals surface area contributed by atoms with Gasteiger partial charge < -0.3 is 0 Å². The molecule has 3 nitrogen and oxygen atoms in total. The molecule has 12 heavy (non-hydrogen) atoms. The van der Waals surface area contributed by atoms with Crippen molar-refractivity contribution in [3.05, 3.63) is 29.6 Å². The second-order valence-electron chi connectivity index (χ2n) is 2.35. The van der Waals surface area contributed by atoms with E-state index in [4.69, 9.17) is 5.26 Å². The van der Waals surface area contributed by atoms with Crippen molar-refractivity contribution in [3.8, 4) is 6.07 Å². The molecule has 0 aliphatic carbocycles. The predicted molar refractivity (Wildman–Crippen MR) is 43.6 cm³/mol. The highest BCUT2D eigenvalue weighted by molar-refractivity contribution is 5.95. The third-order valence-electron chi connectivity index (χ3n) is 1.51. The molecule has 3 heteroatoms. The van der Waals surface area contributed by atoms with E-state index in [0.717, 1.165) is 0 Å². The maximum atomic E-state index is 11.1. The number of nitriles is 1. The largest absolute Gasteiger partial charge is 0.294 e. The quantitative estimate of drug-likeness (QED) is 0.616. The summed E-state index contributed by atoms with van der Waals surface area (Å²) in [5.74, 6) is 0.0135. The van der Waals surface area contributed by atoms with Gasteiger partial charge in [-0.2, -0.15) is 5.26 Å². The molecule has 0 saturated heterocycles. The molecular formula is C9H8N2O. The van der Waals surface area contributed by atoms with Crippen molar-refractivity contribution in [2.24, 2.45) is 0 Å². The monoisotopic (exact) mass is 160 g/mol. The van der Waals surface area contributed by atoms with E-state index < -0.39 is 0 Å². The first-order valence-electron chi connectivity index (χ1n) is 3.66. The summed E-state index contributed by atoms with van der Waals surface area (Å²) in [4.78, 5) is 14.9. The summed E-state index contributed by atoms with van der Waals surface area (Å²) in [6, 6.07) is 3.49. The van der Waals surface area contributed by atoms with Gasteiger partial charge in [-0.25, -0.2) is 0 Å². The molecule has 0 N–H and O–H groups in total. The minimum atomic E-state index is 0.0135. The first kappa shape index (κ1) is 8.41. The van der Waals surface area contributed by atoms with E-state index in [1.165, 1.54) is 12.4 Å². The van der Waals surface area contributed by atoms with Gasteiger partial charge in [0.05, 0.1) is 5.56 Å². The molecule has 0 radical (unpaired) electrons. The van der Waals surface area contributed by atoms with E-state index in [9.17, 15) is 4.79 Å². The lowest BCUT2D eigenvalue weighted by Crippen LogP contribution is -1.97. The Labute approximate surface area is 70.7 Å². The van der Waals surface area contributed by atoms with E-state index in [-0.39, 0.29) is 5.78 Å². The lowest BCUT2D eigenvalue weighted by Gasteiger charge is -1.95. The zero-order valence-corrected chi connectivity index (χ0v) is 6.74. The number of hydrogen-bond donors (Lipinski definition) is 0. The molecule has 0 unspecified atom stereocenters. The zero-order chi connectivity index (χ0) is 8.97. The van der Waals surface area contributed by atoms with Crippen LogP contribution in [0.15, 0.2) is 18.5 Å². The normalized spacial score (nSPS) is 9.00. The molecule has 0 atom stereocenters. The highest BCUT2D eigenvalue weighted by Gasteiger charge is 2.03. The molecule has 1 heterocycles. The highest BCUT2D eigenvalue weighted by atomic mass is 16.1. The Morgan fingerprint density at radius 1 is 1.67 bits per heavy atom. The standard InChI is InChI=1S/C9H8N2O/c1-2-9(12)8-3-7(4-10)5-11-6-8/h3,5-6H,2H2,1H3. The number of carbonyl (C=O) groups is 1. The average Bonchev–Trinajstić information content (AvgIpc) is 2.17. The summed E-state index contributed by atoms with van der Waals surface area (Å²) in [5, 5.41) is 8.52. The van der Waals surface area contributed by atoms with Crippen LogP contribution in [0.2, 0.25) is 0 Å². The number of aromatic nitrogens is 1. The fraction of sp³-hybridized carbons (Fsp3) is 0.222. The van der Waals surface area contributed by atoms with Crippen molar-refractivity contribution in [1.29, 1.82) is 5.26 Å². The van der Waals surface area contributed by atoms with Gasteiger partial charge in [0.2, 0.25) is 0 Å². The molecule has 0 amide bonds. The third-order valence-corrected chi connectivity index (χ3v) is 1.51. The number of pyridine rings is 1. The van der Waals surface area contributed by atoms with Crippen LogP contribution in [-0.2, 0) is 0 Å². The maximum Gasteiger partial charge on any atom is 0.164 e. The van der Waals surface area contributed by atoms with Crippen molar-refractivity contribution in [1.82, 2.24) is 4.98 Å². The summed E-state index contributed by atoms with van der Waals surface area (Å²) < 4.78 is 0. The van der Waals surface area contributed by atoms with E-state index in [0.29, 0.717) is 17.5 Å². The van der Waals surface area contributed by atoms with Gasteiger partial charge in [-0.05, 0) is 6.07 Å². The van der Waals surface area contributed by atoms with Gasteiger partial charge in [0.25, 0.3) is 0 Å². The van der Waals surface area contributed by atoms with E-state index in [1.807, 2.05) is 6.07 Å². The van der Waals surface area contributed by atoms with Crippen LogP contribution in [-0.4, -0.2) is 10.8 Å². The number of Topliss-reactive ketones (excluding diaryl/α,β-unsaturated/α-hetero) is 1. The van der Waals surface area contributed by atoms with Gasteiger partial charge in [-0.3, -0.25) is 9.78 Å². The molecule has 1 aromatic heterocycles. The van der Waals surface area contributed by atoms with Crippen molar-refractivity contribution < 1.29 is 4.79 Å². The van der Waals surface area contributed by atoms with Crippen LogP contribution in [0.25, 0.3) is 0 Å². The van der Waals surface area contributed by atoms with Crippen LogP contribution >= 0.6 is 0 Å². The molecule has 0 saturated carbocycles. The van der Waals surface area contributed by atoms with E-state index >= 15 is 0 Å². The summed E-state index contributed by atoms with van der Waals surface area (Å²) in [7, 11) is 0. The van der Waals surface area contributed by atoms with Crippen LogP contribution in [0.3, 0.4) is 0 Å². The molecule has 0 aliphatic heterocycles. The molecule has 0 fully saturated rings. The van der Waals surface area contributed by atoms with Crippen molar-refractivity contribution in [3.63, 3.8) is 0 Å². The second kappa shape index (κ2) is 3.63. The van der Waals surface area contributed by atoms with E-state index in [1.54, 1.807) is 13.0 Å². The predicted octanol–water partition coefficient (Wildman–Crippen LogP) is 1.55. The average molecular weight is 160 g/mol. The molecular weight excluding hydrogens is 152 g/mol. The Morgan fingerprint density at radius 2 is 2.42 bits per heavy atom. The van der Waals surface area contributed by atoms with Crippen molar-refractivity contribution >= 4 is 5.78 Å². The van der Waals surface area contributed by atoms with Crippen LogP contribution < -0.4 is 0 Å². The maximum absolute atomic E-state index is 11.1. The lowest BCUT2D eigenvalue weighted by molar-refractivity contribution is 0.0988. The van der Waals surface area contributed by atoms with Gasteiger partial charge in [0.15, 0.2) is 5.78 Å². The number of carbonyl (C=O) groups excluding carboxylic acids is 1.